The number of amides is 2. The number of hydrogen-bond donors (Lipinski definition) is 2. The fourth-order valence-corrected chi connectivity index (χ4v) is 5.62. The molecule has 8 nitrogen and oxygen atoms in total. The van der Waals surface area contributed by atoms with Crippen molar-refractivity contribution in [3.05, 3.63) is 59.7 Å². The summed E-state index contributed by atoms with van der Waals surface area (Å²) in [5, 5.41) is 11.6. The Morgan fingerprint density at radius 2 is 1.63 bits per heavy atom. The zero-order chi connectivity index (χ0) is 24.4. The molecule has 5 rings (SSSR count). The van der Waals surface area contributed by atoms with E-state index in [1.807, 2.05) is 24.3 Å². The molecule has 0 spiro atoms. The number of carboxylic acid groups (broad SMARTS) is 1. The molecular weight excluding hydrogens is 448 g/mol. The lowest BCUT2D eigenvalue weighted by molar-refractivity contribution is -0.157. The highest BCUT2D eigenvalue weighted by atomic mass is 16.5. The van der Waals surface area contributed by atoms with Crippen molar-refractivity contribution in [2.24, 2.45) is 11.8 Å². The predicted molar refractivity (Wildman–Crippen MR) is 128 cm³/mol. The number of ether oxygens (including phenoxy) is 2. The Morgan fingerprint density at radius 3 is 2.29 bits per heavy atom. The summed E-state index contributed by atoms with van der Waals surface area (Å²) in [4.78, 5) is 37.8. The highest BCUT2D eigenvalue weighted by Crippen LogP contribution is 2.44. The van der Waals surface area contributed by atoms with E-state index in [4.69, 9.17) is 14.6 Å². The Bertz CT molecular complexity index is 1070. The maximum Gasteiger partial charge on any atom is 0.407 e. The summed E-state index contributed by atoms with van der Waals surface area (Å²) >= 11 is 0. The number of aliphatic carboxylic acids is 1. The second-order valence-electron chi connectivity index (χ2n) is 9.57. The zero-order valence-corrected chi connectivity index (χ0v) is 19.5. The van der Waals surface area contributed by atoms with Crippen molar-refractivity contribution in [1.82, 2.24) is 10.2 Å². The molecule has 0 radical (unpaired) electrons. The summed E-state index contributed by atoms with van der Waals surface area (Å²) in [7, 11) is 0. The molecule has 2 aromatic rings. The van der Waals surface area contributed by atoms with Gasteiger partial charge in [0.15, 0.2) is 0 Å². The van der Waals surface area contributed by atoms with E-state index in [0.717, 1.165) is 19.3 Å². The van der Waals surface area contributed by atoms with Gasteiger partial charge in [-0.2, -0.15) is 0 Å². The van der Waals surface area contributed by atoms with Gasteiger partial charge in [0.2, 0.25) is 5.91 Å². The van der Waals surface area contributed by atoms with Crippen LogP contribution in [0.15, 0.2) is 48.5 Å². The summed E-state index contributed by atoms with van der Waals surface area (Å²) in [5.41, 5.74) is 4.71. The molecule has 0 aromatic heterocycles. The summed E-state index contributed by atoms with van der Waals surface area (Å²) in [5.74, 6) is -0.995. The van der Waals surface area contributed by atoms with E-state index >= 15 is 0 Å². The van der Waals surface area contributed by atoms with Crippen LogP contribution in [0.3, 0.4) is 0 Å². The molecule has 184 valence electrons. The minimum Gasteiger partial charge on any atom is -0.480 e. The maximum atomic E-state index is 12.9. The van der Waals surface area contributed by atoms with Crippen molar-refractivity contribution in [3.63, 3.8) is 0 Å². The molecule has 2 fully saturated rings. The van der Waals surface area contributed by atoms with Gasteiger partial charge >= 0.3 is 12.1 Å². The van der Waals surface area contributed by atoms with Gasteiger partial charge in [0.05, 0.1) is 6.10 Å². The number of carbonyl (C=O) groups is 3. The number of rotatable bonds is 8. The van der Waals surface area contributed by atoms with Gasteiger partial charge in [-0.1, -0.05) is 55.0 Å². The molecule has 2 aliphatic carbocycles. The van der Waals surface area contributed by atoms with Crippen LogP contribution in [-0.4, -0.2) is 66.9 Å². The number of hydrogen-bond acceptors (Lipinski definition) is 5. The first-order chi connectivity index (χ1) is 17.0. The molecule has 2 aromatic carbocycles. The molecule has 0 unspecified atom stereocenters. The molecule has 2 atom stereocenters. The average Bonchev–Trinajstić information content (AvgIpc) is 3.43. The fraction of sp³-hybridized carbons (Fsp3) is 0.444. The molecule has 8 heteroatoms. The first kappa shape index (κ1) is 23.4. The summed E-state index contributed by atoms with van der Waals surface area (Å²) < 4.78 is 10.9. The smallest absolute Gasteiger partial charge is 0.407 e. The highest BCUT2D eigenvalue weighted by Gasteiger charge is 2.40. The number of nitrogens with zero attached hydrogens (tertiary/aromatic N) is 1. The second kappa shape index (κ2) is 10.1. The van der Waals surface area contributed by atoms with Crippen LogP contribution in [0.2, 0.25) is 0 Å². The number of likely N-dealkylation sites (tertiary alicyclic amines) is 1. The van der Waals surface area contributed by atoms with Crippen molar-refractivity contribution in [2.45, 2.75) is 31.3 Å². The van der Waals surface area contributed by atoms with Crippen LogP contribution in [0.4, 0.5) is 4.79 Å². The van der Waals surface area contributed by atoms with Crippen molar-refractivity contribution >= 4 is 18.0 Å². The minimum atomic E-state index is -1.01. The van der Waals surface area contributed by atoms with Crippen LogP contribution in [0.5, 0.6) is 0 Å². The number of nitrogens with one attached hydrogen (secondary N) is 1. The molecule has 1 saturated carbocycles. The first-order valence-electron chi connectivity index (χ1n) is 12.2. The molecule has 3 aliphatic rings. The Balaban J connectivity index is 1.10. The molecule has 0 bridgehead atoms. The summed E-state index contributed by atoms with van der Waals surface area (Å²) in [6.07, 6.45) is 1.95. The number of alkyl carbamates (subject to hydrolysis) is 1. The monoisotopic (exact) mass is 478 g/mol. The average molecular weight is 479 g/mol. The van der Waals surface area contributed by atoms with Crippen LogP contribution in [0.25, 0.3) is 11.1 Å². The Kier molecular flexibility index (Phi) is 6.72. The normalized spacial score (nSPS) is 21.2. The molecule has 2 amide bonds. The number of carbonyl (C=O) groups excluding carboxylic acids is 2. The predicted octanol–water partition coefficient (Wildman–Crippen LogP) is 3.25. The lowest BCUT2D eigenvalue weighted by atomic mass is 9.93. The van der Waals surface area contributed by atoms with Crippen LogP contribution in [0, 0.1) is 11.8 Å². The lowest BCUT2D eigenvalue weighted by Gasteiger charge is -2.40. The fourth-order valence-electron chi connectivity index (χ4n) is 5.62. The third kappa shape index (κ3) is 4.89. The van der Waals surface area contributed by atoms with Crippen molar-refractivity contribution in [2.75, 3.05) is 32.8 Å². The Morgan fingerprint density at radius 1 is 0.971 bits per heavy atom. The van der Waals surface area contributed by atoms with Crippen molar-refractivity contribution < 1.29 is 29.0 Å². The molecule has 1 heterocycles. The van der Waals surface area contributed by atoms with Crippen LogP contribution >= 0.6 is 0 Å². The SMILES string of the molecule is O=C(O)COC1CN(C(=O)[C@@H]2CCC[C@@H]2CNC(=O)OCC2c3ccccc3-c3ccccc32)C1. The van der Waals surface area contributed by atoms with Gasteiger partial charge in [0.1, 0.15) is 13.2 Å². The summed E-state index contributed by atoms with van der Waals surface area (Å²) in [6, 6.07) is 16.4. The van der Waals surface area contributed by atoms with Crippen LogP contribution in [0.1, 0.15) is 36.3 Å². The quantitative estimate of drug-likeness (QED) is 0.604. The van der Waals surface area contributed by atoms with Gasteiger partial charge < -0.3 is 24.8 Å². The number of benzene rings is 2. The molecule has 1 aliphatic heterocycles. The van der Waals surface area contributed by atoms with E-state index in [1.54, 1.807) is 4.90 Å². The van der Waals surface area contributed by atoms with Gasteiger partial charge in [-0.05, 0) is 41.0 Å². The van der Waals surface area contributed by atoms with Gasteiger partial charge in [0, 0.05) is 31.5 Å². The zero-order valence-electron chi connectivity index (χ0n) is 19.5. The molecule has 1 saturated heterocycles. The van der Waals surface area contributed by atoms with E-state index in [1.165, 1.54) is 22.3 Å². The molecule has 35 heavy (non-hydrogen) atoms. The second-order valence-corrected chi connectivity index (χ2v) is 9.57. The van der Waals surface area contributed by atoms with Crippen LogP contribution in [-0.2, 0) is 19.1 Å². The first-order valence-corrected chi connectivity index (χ1v) is 12.2. The number of carboxylic acids is 1. The van der Waals surface area contributed by atoms with E-state index in [0.29, 0.717) is 19.6 Å². The van der Waals surface area contributed by atoms with Gasteiger partial charge in [0.25, 0.3) is 0 Å². The largest absolute Gasteiger partial charge is 0.480 e. The molecule has 2 N–H and O–H groups in total. The van der Waals surface area contributed by atoms with E-state index in [-0.39, 0.29) is 43.0 Å². The maximum absolute atomic E-state index is 12.9. The van der Waals surface area contributed by atoms with Crippen LogP contribution < -0.4 is 5.32 Å². The summed E-state index contributed by atoms with van der Waals surface area (Å²) in [6.45, 7) is 1.17. The van der Waals surface area contributed by atoms with Gasteiger partial charge in [-0.3, -0.25) is 4.79 Å². The van der Waals surface area contributed by atoms with Gasteiger partial charge in [-0.15, -0.1) is 0 Å². The third-order valence-electron chi connectivity index (χ3n) is 7.43. The van der Waals surface area contributed by atoms with Crippen molar-refractivity contribution in [3.8, 4) is 11.1 Å². The van der Waals surface area contributed by atoms with E-state index < -0.39 is 12.1 Å². The highest BCUT2D eigenvalue weighted by molar-refractivity contribution is 5.81. The Labute approximate surface area is 204 Å². The number of fused-ring (bicyclic) bond motifs is 3. The minimum absolute atomic E-state index is 0.0108. The standard InChI is InChI=1S/C27H30N2O6/c30-25(31)16-34-18-13-29(14-18)26(32)19-11-5-6-17(19)12-28-27(33)35-15-24-22-9-3-1-7-20(22)21-8-2-4-10-23(21)24/h1-4,7-10,17-19,24H,5-6,11-16H2,(H,28,33)(H,30,31)/t17-,19-/m1/s1. The van der Waals surface area contributed by atoms with Gasteiger partial charge in [-0.25, -0.2) is 9.59 Å². The Hall–Kier alpha value is -3.39. The van der Waals surface area contributed by atoms with E-state index in [2.05, 4.69) is 29.6 Å². The topological polar surface area (TPSA) is 105 Å². The van der Waals surface area contributed by atoms with E-state index in [9.17, 15) is 14.4 Å². The van der Waals surface area contributed by atoms with Crippen molar-refractivity contribution in [1.29, 1.82) is 0 Å². The lowest BCUT2D eigenvalue weighted by Crippen LogP contribution is -2.57. The molecular formula is C27H30N2O6. The third-order valence-corrected chi connectivity index (χ3v) is 7.43.